The van der Waals surface area contributed by atoms with Gasteiger partial charge in [0.15, 0.2) is 0 Å². The van der Waals surface area contributed by atoms with Crippen molar-refractivity contribution in [3.05, 3.63) is 76.9 Å². The van der Waals surface area contributed by atoms with E-state index >= 15 is 0 Å². The van der Waals surface area contributed by atoms with E-state index in [0.29, 0.717) is 11.5 Å². The molecule has 2 aromatic carbocycles. The number of carbonyl (C=O) groups is 1. The van der Waals surface area contributed by atoms with E-state index in [9.17, 15) is 9.90 Å². The molecule has 0 bridgehead atoms. The summed E-state index contributed by atoms with van der Waals surface area (Å²) in [4.78, 5) is 10.9. The monoisotopic (exact) mass is 356 g/mol. The van der Waals surface area contributed by atoms with Gasteiger partial charge in [0.2, 0.25) is 0 Å². The first kappa shape index (κ1) is 22.1. The van der Waals surface area contributed by atoms with Crippen LogP contribution in [0, 0.1) is 11.3 Å². The largest absolute Gasteiger partial charge is 1.00 e. The second kappa shape index (κ2) is 10.3. The van der Waals surface area contributed by atoms with Crippen molar-refractivity contribution < 1.29 is 39.5 Å². The van der Waals surface area contributed by atoms with Crippen molar-refractivity contribution in [3.63, 3.8) is 0 Å². The van der Waals surface area contributed by atoms with Crippen LogP contribution in [0.15, 0.2) is 54.6 Å². The van der Waals surface area contributed by atoms with Gasteiger partial charge in [-0.2, -0.15) is 5.26 Å². The van der Waals surface area contributed by atoms with Gasteiger partial charge in [0.1, 0.15) is 0 Å². The molecule has 0 amide bonds. The molecule has 2 N–H and O–H groups in total. The molecule has 4 nitrogen and oxygen atoms in total. The maximum absolute atomic E-state index is 10.9. The van der Waals surface area contributed by atoms with Crippen molar-refractivity contribution in [2.24, 2.45) is 5.73 Å². The van der Waals surface area contributed by atoms with Crippen molar-refractivity contribution >= 4 is 11.5 Å². The molecule has 0 fully saturated rings. The van der Waals surface area contributed by atoms with E-state index in [-0.39, 0.29) is 36.0 Å². The van der Waals surface area contributed by atoms with E-state index < -0.39 is 12.0 Å². The van der Waals surface area contributed by atoms with Gasteiger partial charge in [-0.1, -0.05) is 56.3 Å². The molecule has 1 unspecified atom stereocenters. The van der Waals surface area contributed by atoms with Gasteiger partial charge in [0.05, 0.1) is 17.6 Å². The van der Waals surface area contributed by atoms with E-state index in [1.54, 1.807) is 12.1 Å². The summed E-state index contributed by atoms with van der Waals surface area (Å²) >= 11 is 0. The SMILES string of the molecule is CC(C)c1ccc(/C(=C/CC(N)C(=O)[O-])c2ccc(C#N)cc2)cc1.[Na+]. The zero-order valence-electron chi connectivity index (χ0n) is 15.4. The molecule has 0 saturated carbocycles. The fourth-order valence-electron chi connectivity index (χ4n) is 2.52. The fourth-order valence-corrected chi connectivity index (χ4v) is 2.52. The number of carboxylic acid groups (broad SMARTS) is 1. The van der Waals surface area contributed by atoms with Gasteiger partial charge < -0.3 is 15.6 Å². The predicted octanol–water partition coefficient (Wildman–Crippen LogP) is -0.415. The number of aliphatic carboxylic acids is 1. The summed E-state index contributed by atoms with van der Waals surface area (Å²) in [7, 11) is 0. The van der Waals surface area contributed by atoms with E-state index in [2.05, 4.69) is 32.0 Å². The minimum absolute atomic E-state index is 0. The smallest absolute Gasteiger partial charge is 0.548 e. The summed E-state index contributed by atoms with van der Waals surface area (Å²) in [6.07, 6.45) is 1.98. The molecule has 1 atom stereocenters. The van der Waals surface area contributed by atoms with E-state index in [4.69, 9.17) is 11.0 Å². The minimum Gasteiger partial charge on any atom is -0.548 e. The molecule has 5 heteroatoms. The molecule has 0 heterocycles. The van der Waals surface area contributed by atoms with Gasteiger partial charge in [-0.15, -0.1) is 0 Å². The van der Waals surface area contributed by atoms with Crippen molar-refractivity contribution in [2.75, 3.05) is 0 Å². The number of rotatable bonds is 6. The van der Waals surface area contributed by atoms with Crippen LogP contribution in [0.4, 0.5) is 0 Å². The molecule has 0 aliphatic heterocycles. The first-order chi connectivity index (χ1) is 11.9. The average Bonchev–Trinajstić information content (AvgIpc) is 2.62. The van der Waals surface area contributed by atoms with Gasteiger partial charge >= 0.3 is 29.6 Å². The Labute approximate surface area is 176 Å². The summed E-state index contributed by atoms with van der Waals surface area (Å²) in [5.74, 6) is -0.839. The number of nitriles is 1. The molecular formula is C21H21N2NaO2. The Hall–Kier alpha value is -1.90. The standard InChI is InChI=1S/C21H22N2O2.Na/c1-14(2)16-7-9-18(10-8-16)19(11-12-20(23)21(24)25)17-5-3-15(13-22)4-6-17;/h3-11,14,20H,12,23H2,1-2H3,(H,24,25);/q;+1/p-1/b19-11+;. The van der Waals surface area contributed by atoms with Crippen molar-refractivity contribution in [2.45, 2.75) is 32.2 Å². The first-order valence-corrected chi connectivity index (χ1v) is 8.20. The van der Waals surface area contributed by atoms with Crippen LogP contribution >= 0.6 is 0 Å². The Balaban J connectivity index is 0.00000338. The summed E-state index contributed by atoms with van der Waals surface area (Å²) in [6, 6.07) is 16.4. The van der Waals surface area contributed by atoms with Crippen LogP contribution < -0.4 is 40.4 Å². The zero-order valence-corrected chi connectivity index (χ0v) is 17.4. The molecule has 0 aliphatic rings. The topological polar surface area (TPSA) is 89.9 Å². The molecule has 2 rings (SSSR count). The van der Waals surface area contributed by atoms with Crippen LogP contribution in [-0.4, -0.2) is 12.0 Å². The molecule has 0 aromatic heterocycles. The van der Waals surface area contributed by atoms with Crippen LogP contribution in [0.25, 0.3) is 5.57 Å². The van der Waals surface area contributed by atoms with Crippen LogP contribution in [0.1, 0.15) is 48.4 Å². The zero-order chi connectivity index (χ0) is 18.4. The van der Waals surface area contributed by atoms with Crippen molar-refractivity contribution in [3.8, 4) is 6.07 Å². The summed E-state index contributed by atoms with van der Waals surface area (Å²) < 4.78 is 0. The van der Waals surface area contributed by atoms with Crippen molar-refractivity contribution in [1.82, 2.24) is 0 Å². The molecule has 0 spiro atoms. The molecule has 128 valence electrons. The second-order valence-electron chi connectivity index (χ2n) is 6.24. The van der Waals surface area contributed by atoms with Gasteiger partial charge in [0.25, 0.3) is 0 Å². The molecule has 0 saturated heterocycles. The third-order valence-electron chi connectivity index (χ3n) is 4.09. The van der Waals surface area contributed by atoms with Gasteiger partial charge in [-0.25, -0.2) is 0 Å². The fraction of sp³-hybridized carbons (Fsp3) is 0.238. The number of nitrogens with zero attached hydrogens (tertiary/aromatic N) is 1. The third-order valence-corrected chi connectivity index (χ3v) is 4.09. The summed E-state index contributed by atoms with van der Waals surface area (Å²) in [5, 5.41) is 19.8. The van der Waals surface area contributed by atoms with E-state index in [1.165, 1.54) is 5.56 Å². The number of carbonyl (C=O) groups excluding carboxylic acids is 1. The van der Waals surface area contributed by atoms with Crippen LogP contribution in [0.5, 0.6) is 0 Å². The van der Waals surface area contributed by atoms with Crippen LogP contribution in [0.2, 0.25) is 0 Å². The Bertz CT molecular complexity index is 803. The molecule has 26 heavy (non-hydrogen) atoms. The van der Waals surface area contributed by atoms with Gasteiger partial charge in [-0.3, -0.25) is 0 Å². The quantitative estimate of drug-likeness (QED) is 0.712. The Morgan fingerprint density at radius 1 is 1.12 bits per heavy atom. The minimum atomic E-state index is -1.27. The number of hydrogen-bond donors (Lipinski definition) is 1. The first-order valence-electron chi connectivity index (χ1n) is 8.20. The van der Waals surface area contributed by atoms with Crippen molar-refractivity contribution in [1.29, 1.82) is 5.26 Å². The molecule has 0 radical (unpaired) electrons. The maximum atomic E-state index is 10.9. The predicted molar refractivity (Wildman–Crippen MR) is 96.4 cm³/mol. The third kappa shape index (κ3) is 5.82. The van der Waals surface area contributed by atoms with E-state index in [1.807, 2.05) is 30.3 Å². The number of hydrogen-bond acceptors (Lipinski definition) is 4. The maximum Gasteiger partial charge on any atom is 1.00 e. The Morgan fingerprint density at radius 2 is 1.62 bits per heavy atom. The molecule has 2 aromatic rings. The number of nitrogens with two attached hydrogens (primary N) is 1. The molecule has 0 aliphatic carbocycles. The Kier molecular flexibility index (Phi) is 8.77. The van der Waals surface area contributed by atoms with Crippen LogP contribution in [-0.2, 0) is 4.79 Å². The number of carboxylic acids is 1. The molecular weight excluding hydrogens is 335 g/mol. The van der Waals surface area contributed by atoms with Crippen LogP contribution in [0.3, 0.4) is 0 Å². The summed E-state index contributed by atoms with van der Waals surface area (Å²) in [5.41, 5.74) is 10.1. The summed E-state index contributed by atoms with van der Waals surface area (Å²) in [6.45, 7) is 4.26. The average molecular weight is 356 g/mol. The Morgan fingerprint density at radius 3 is 2.04 bits per heavy atom. The second-order valence-corrected chi connectivity index (χ2v) is 6.24. The normalized spacial score (nSPS) is 12.2. The van der Waals surface area contributed by atoms with Gasteiger partial charge in [0, 0.05) is 6.04 Å². The van der Waals surface area contributed by atoms with E-state index in [0.717, 1.165) is 16.7 Å². The van der Waals surface area contributed by atoms with Gasteiger partial charge in [-0.05, 0) is 46.7 Å². The number of benzene rings is 2.